The van der Waals surface area contributed by atoms with Crippen LogP contribution in [0.25, 0.3) is 0 Å². The zero-order valence-corrected chi connectivity index (χ0v) is 14.3. The Bertz CT molecular complexity index is 787. The molecule has 7 heteroatoms. The maximum atomic E-state index is 11.7. The monoisotopic (exact) mass is 347 g/mol. The molecule has 128 valence electrons. The van der Waals surface area contributed by atoms with Gasteiger partial charge in [-0.25, -0.2) is 18.1 Å². The third-order valence-electron chi connectivity index (χ3n) is 4.09. The number of para-hydroxylation sites is 1. The minimum atomic E-state index is -3.46. The van der Waals surface area contributed by atoms with Crippen molar-refractivity contribution in [2.24, 2.45) is 0 Å². The van der Waals surface area contributed by atoms with Crippen LogP contribution in [-0.4, -0.2) is 26.6 Å². The van der Waals surface area contributed by atoms with Crippen LogP contribution in [0.3, 0.4) is 0 Å². The van der Waals surface area contributed by atoms with E-state index in [1.165, 1.54) is 25.7 Å². The van der Waals surface area contributed by atoms with Gasteiger partial charge in [-0.15, -0.1) is 0 Å². The molecule has 0 unspecified atom stereocenters. The molecule has 0 amide bonds. The van der Waals surface area contributed by atoms with Crippen molar-refractivity contribution in [3.8, 4) is 5.75 Å². The molecule has 0 atom stereocenters. The van der Waals surface area contributed by atoms with Crippen molar-refractivity contribution in [2.45, 2.75) is 36.8 Å². The van der Waals surface area contributed by atoms with Gasteiger partial charge in [0.15, 0.2) is 0 Å². The third-order valence-corrected chi connectivity index (χ3v) is 5.49. The topological polar surface area (TPSA) is 80.3 Å². The quantitative estimate of drug-likeness (QED) is 0.804. The first-order chi connectivity index (χ1) is 11.6. The summed E-state index contributed by atoms with van der Waals surface area (Å²) in [6.45, 7) is 0.564. The van der Waals surface area contributed by atoms with Crippen molar-refractivity contribution in [1.29, 1.82) is 0 Å². The average Bonchev–Trinajstić information content (AvgIpc) is 2.57. The highest BCUT2D eigenvalue weighted by Crippen LogP contribution is 2.27. The molecule has 0 bridgehead atoms. The van der Waals surface area contributed by atoms with E-state index in [0.29, 0.717) is 18.5 Å². The average molecular weight is 347 g/mol. The molecule has 1 aromatic heterocycles. The van der Waals surface area contributed by atoms with E-state index in [0.717, 1.165) is 24.2 Å². The number of rotatable bonds is 7. The minimum absolute atomic E-state index is 0.143. The molecular weight excluding hydrogens is 326 g/mol. The molecule has 0 aliphatic heterocycles. The molecule has 1 aliphatic carbocycles. The first kappa shape index (κ1) is 16.7. The van der Waals surface area contributed by atoms with E-state index >= 15 is 0 Å². The van der Waals surface area contributed by atoms with Gasteiger partial charge in [-0.2, -0.15) is 0 Å². The van der Waals surface area contributed by atoms with Crippen molar-refractivity contribution in [3.05, 3.63) is 48.2 Å². The molecule has 1 aromatic carbocycles. The largest absolute Gasteiger partial charge is 0.490 e. The second kappa shape index (κ2) is 7.19. The molecule has 24 heavy (non-hydrogen) atoms. The van der Waals surface area contributed by atoms with E-state index in [2.05, 4.69) is 15.0 Å². The van der Waals surface area contributed by atoms with Crippen LogP contribution in [0.4, 0.5) is 5.82 Å². The highest BCUT2D eigenvalue weighted by Gasteiger charge is 2.20. The summed E-state index contributed by atoms with van der Waals surface area (Å²) >= 11 is 0. The lowest BCUT2D eigenvalue weighted by molar-refractivity contribution is 0.119. The second-order valence-electron chi connectivity index (χ2n) is 5.72. The van der Waals surface area contributed by atoms with Crippen LogP contribution in [0.15, 0.2) is 47.5 Å². The Kier molecular flexibility index (Phi) is 5.01. The molecule has 1 heterocycles. The van der Waals surface area contributed by atoms with Crippen molar-refractivity contribution >= 4 is 15.8 Å². The van der Waals surface area contributed by atoms with Crippen LogP contribution in [0.1, 0.15) is 24.8 Å². The number of pyridine rings is 1. The molecule has 0 spiro atoms. The van der Waals surface area contributed by atoms with E-state index < -0.39 is 10.0 Å². The Morgan fingerprint density at radius 3 is 2.62 bits per heavy atom. The fourth-order valence-corrected chi connectivity index (χ4v) is 3.05. The van der Waals surface area contributed by atoms with Gasteiger partial charge >= 0.3 is 0 Å². The number of aromatic nitrogens is 1. The van der Waals surface area contributed by atoms with Gasteiger partial charge in [0, 0.05) is 18.3 Å². The summed E-state index contributed by atoms with van der Waals surface area (Å²) in [5.41, 5.74) is 1.05. The Labute approximate surface area is 142 Å². The van der Waals surface area contributed by atoms with Gasteiger partial charge < -0.3 is 10.1 Å². The Morgan fingerprint density at radius 2 is 2.00 bits per heavy atom. The van der Waals surface area contributed by atoms with Crippen molar-refractivity contribution in [2.75, 3.05) is 12.4 Å². The first-order valence-electron chi connectivity index (χ1n) is 7.96. The highest BCUT2D eigenvalue weighted by molar-refractivity contribution is 7.89. The fraction of sp³-hybridized carbons (Fsp3) is 0.353. The van der Waals surface area contributed by atoms with Gasteiger partial charge in [-0.05, 0) is 44.5 Å². The van der Waals surface area contributed by atoms with E-state index in [1.807, 2.05) is 24.3 Å². The van der Waals surface area contributed by atoms with Gasteiger partial charge in [-0.3, -0.25) is 0 Å². The molecule has 1 aliphatic rings. The number of hydrogen-bond donors (Lipinski definition) is 2. The van der Waals surface area contributed by atoms with Crippen molar-refractivity contribution < 1.29 is 13.2 Å². The standard InChI is InChI=1S/C17H21N3O3S/c1-18-24(21,22)15-9-10-17(20-12-15)19-11-13-5-2-3-8-16(13)23-14-6-4-7-14/h2-3,5,8-10,12,14,18H,4,6-7,11H2,1H3,(H,19,20). The molecule has 1 saturated carbocycles. The number of nitrogens with one attached hydrogen (secondary N) is 2. The summed E-state index contributed by atoms with van der Waals surface area (Å²) in [7, 11) is -2.08. The van der Waals surface area contributed by atoms with Crippen LogP contribution >= 0.6 is 0 Å². The first-order valence-corrected chi connectivity index (χ1v) is 9.45. The molecule has 6 nitrogen and oxygen atoms in total. The van der Waals surface area contributed by atoms with Gasteiger partial charge in [0.1, 0.15) is 16.5 Å². The fourth-order valence-electron chi connectivity index (χ4n) is 2.38. The lowest BCUT2D eigenvalue weighted by atomic mass is 9.96. The SMILES string of the molecule is CNS(=O)(=O)c1ccc(NCc2ccccc2OC2CCC2)nc1. The number of benzene rings is 1. The maximum Gasteiger partial charge on any atom is 0.241 e. The number of sulfonamides is 1. The van der Waals surface area contributed by atoms with E-state index in [9.17, 15) is 8.42 Å². The summed E-state index contributed by atoms with van der Waals surface area (Å²) < 4.78 is 31.6. The summed E-state index contributed by atoms with van der Waals surface area (Å²) in [6.07, 6.45) is 5.13. The van der Waals surface area contributed by atoms with Crippen molar-refractivity contribution in [3.63, 3.8) is 0 Å². The predicted octanol–water partition coefficient (Wildman–Crippen LogP) is 2.53. The smallest absolute Gasteiger partial charge is 0.241 e. The molecular formula is C17H21N3O3S. The summed E-state index contributed by atoms with van der Waals surface area (Å²) in [6, 6.07) is 11.1. The molecule has 0 saturated heterocycles. The zero-order chi connectivity index (χ0) is 17.0. The van der Waals surface area contributed by atoms with Crippen LogP contribution in [0.5, 0.6) is 5.75 Å². The lowest BCUT2D eigenvalue weighted by Gasteiger charge is -2.27. The van der Waals surface area contributed by atoms with Crippen LogP contribution in [-0.2, 0) is 16.6 Å². The van der Waals surface area contributed by atoms with E-state index in [4.69, 9.17) is 4.74 Å². The Balaban J connectivity index is 1.65. The third kappa shape index (κ3) is 3.85. The zero-order valence-electron chi connectivity index (χ0n) is 13.5. The minimum Gasteiger partial charge on any atom is -0.490 e. The molecule has 3 rings (SSSR count). The van der Waals surface area contributed by atoms with Crippen molar-refractivity contribution in [1.82, 2.24) is 9.71 Å². The Hall–Kier alpha value is -2.12. The maximum absolute atomic E-state index is 11.7. The summed E-state index contributed by atoms with van der Waals surface area (Å²) in [5, 5.41) is 3.20. The molecule has 2 aromatic rings. The van der Waals surface area contributed by atoms with Gasteiger partial charge in [0.25, 0.3) is 0 Å². The number of nitrogens with zero attached hydrogens (tertiary/aromatic N) is 1. The van der Waals surface area contributed by atoms with Gasteiger partial charge in [-0.1, -0.05) is 18.2 Å². The summed E-state index contributed by atoms with van der Waals surface area (Å²) in [4.78, 5) is 4.30. The number of anilines is 1. The van der Waals surface area contributed by atoms with Gasteiger partial charge in [0.05, 0.1) is 6.10 Å². The lowest BCUT2D eigenvalue weighted by Crippen LogP contribution is -2.25. The highest BCUT2D eigenvalue weighted by atomic mass is 32.2. The van der Waals surface area contributed by atoms with Crippen LogP contribution in [0.2, 0.25) is 0 Å². The molecule has 0 radical (unpaired) electrons. The predicted molar refractivity (Wildman–Crippen MR) is 92.5 cm³/mol. The molecule has 2 N–H and O–H groups in total. The van der Waals surface area contributed by atoms with Crippen LogP contribution < -0.4 is 14.8 Å². The van der Waals surface area contributed by atoms with Gasteiger partial charge in [0.2, 0.25) is 10.0 Å². The normalized spacial score (nSPS) is 14.9. The number of ether oxygens (including phenoxy) is 1. The molecule has 1 fully saturated rings. The summed E-state index contributed by atoms with van der Waals surface area (Å²) in [5.74, 6) is 1.51. The Morgan fingerprint density at radius 1 is 1.21 bits per heavy atom. The second-order valence-corrected chi connectivity index (χ2v) is 7.61. The number of hydrogen-bond acceptors (Lipinski definition) is 5. The van der Waals surface area contributed by atoms with Crippen LogP contribution in [0, 0.1) is 0 Å². The van der Waals surface area contributed by atoms with E-state index in [-0.39, 0.29) is 4.90 Å². The van der Waals surface area contributed by atoms with E-state index in [1.54, 1.807) is 6.07 Å².